The Morgan fingerprint density at radius 2 is 1.54 bits per heavy atom. The Morgan fingerprint density at radius 1 is 0.935 bits per heavy atom. The van der Waals surface area contributed by atoms with Gasteiger partial charge in [-0.3, -0.25) is 9.10 Å². The molecule has 0 amide bonds. The highest BCUT2D eigenvalue weighted by atomic mass is 32.2. The van der Waals surface area contributed by atoms with Crippen LogP contribution in [0.2, 0.25) is 0 Å². The van der Waals surface area contributed by atoms with Crippen molar-refractivity contribution in [3.63, 3.8) is 0 Å². The highest BCUT2D eigenvalue weighted by Gasteiger charge is 2.51. The summed E-state index contributed by atoms with van der Waals surface area (Å²) in [5.74, 6) is -1.66. The molecule has 0 fully saturated rings. The predicted octanol–water partition coefficient (Wildman–Crippen LogP) is 5.70. The number of nitrogens with zero attached hydrogens (tertiary/aromatic N) is 1. The third-order valence-electron chi connectivity index (χ3n) is 6.56. The van der Waals surface area contributed by atoms with Gasteiger partial charge in [0.1, 0.15) is 11.9 Å². The first kappa shape index (κ1) is 37.2. The fourth-order valence-corrected chi connectivity index (χ4v) is 6.81. The molecule has 0 aliphatic carbocycles. The van der Waals surface area contributed by atoms with Gasteiger partial charge in [0, 0.05) is 12.0 Å². The Morgan fingerprint density at radius 3 is 2.09 bits per heavy atom. The van der Waals surface area contributed by atoms with E-state index in [2.05, 4.69) is 4.74 Å². The number of halogens is 9. The standard InChI is InChI=1S/C26H27F9N2O7S2/c1-22(2,36-46(41,42)26(33,34)35)13-17-14-37(45(39,40)18-7-5-6-16(12-18)24(27,28)29)19-10-15(8-9-20(19)43-17)11-21(38)44-23(3,4)25(30,31)32/h5-10,12,17,36H,11,13-14H2,1-4H3/t17-/m0/s1. The van der Waals surface area contributed by atoms with Gasteiger partial charge in [-0.1, -0.05) is 12.1 Å². The van der Waals surface area contributed by atoms with Crippen molar-refractivity contribution in [3.8, 4) is 5.75 Å². The van der Waals surface area contributed by atoms with Crippen molar-refractivity contribution in [2.24, 2.45) is 0 Å². The molecule has 0 unspecified atom stereocenters. The lowest BCUT2D eigenvalue weighted by molar-refractivity contribution is -0.257. The van der Waals surface area contributed by atoms with E-state index in [1.54, 1.807) is 0 Å². The summed E-state index contributed by atoms with van der Waals surface area (Å²) in [7, 11) is -10.8. The predicted molar refractivity (Wildman–Crippen MR) is 144 cm³/mol. The largest absolute Gasteiger partial charge is 0.511 e. The molecule has 1 N–H and O–H groups in total. The molecule has 46 heavy (non-hydrogen) atoms. The molecule has 0 saturated heterocycles. The van der Waals surface area contributed by atoms with E-state index in [0.717, 1.165) is 44.2 Å². The summed E-state index contributed by atoms with van der Waals surface area (Å²) in [6.45, 7) is 2.55. The third-order valence-corrected chi connectivity index (χ3v) is 9.76. The number of hydrogen-bond donors (Lipinski definition) is 1. The van der Waals surface area contributed by atoms with Gasteiger partial charge in [-0.25, -0.2) is 21.6 Å². The van der Waals surface area contributed by atoms with Gasteiger partial charge < -0.3 is 9.47 Å². The lowest BCUT2D eigenvalue weighted by Crippen LogP contribution is -2.53. The monoisotopic (exact) mass is 714 g/mol. The van der Waals surface area contributed by atoms with Gasteiger partial charge in [-0.15, -0.1) is 0 Å². The molecule has 0 bridgehead atoms. The zero-order valence-electron chi connectivity index (χ0n) is 24.3. The summed E-state index contributed by atoms with van der Waals surface area (Å²) >= 11 is 0. The van der Waals surface area contributed by atoms with Gasteiger partial charge in [-0.2, -0.15) is 39.5 Å². The summed E-state index contributed by atoms with van der Waals surface area (Å²) in [4.78, 5) is 11.5. The number of carbonyl (C=O) groups is 1. The maximum Gasteiger partial charge on any atom is 0.511 e. The summed E-state index contributed by atoms with van der Waals surface area (Å²) in [5.41, 5.74) is -12.3. The summed E-state index contributed by atoms with van der Waals surface area (Å²) in [6.07, 6.45) is -12.7. The zero-order chi connectivity index (χ0) is 35.3. The third kappa shape index (κ3) is 8.36. The van der Waals surface area contributed by atoms with Gasteiger partial charge in [0.15, 0.2) is 0 Å². The average Bonchev–Trinajstić information content (AvgIpc) is 2.85. The molecule has 1 aliphatic heterocycles. The number of esters is 1. The normalized spacial score (nSPS) is 16.9. The lowest BCUT2D eigenvalue weighted by Gasteiger charge is -2.39. The number of benzene rings is 2. The summed E-state index contributed by atoms with van der Waals surface area (Å²) in [5, 5.41) is 0. The summed E-state index contributed by atoms with van der Waals surface area (Å²) in [6, 6.07) is 5.85. The number of ether oxygens (including phenoxy) is 2. The minimum atomic E-state index is -5.87. The second kappa shape index (κ2) is 12.1. The molecule has 2 aromatic rings. The second-order valence-corrected chi connectivity index (χ2v) is 14.9. The fraction of sp³-hybridized carbons (Fsp3) is 0.500. The Balaban J connectivity index is 2.05. The van der Waals surface area contributed by atoms with Crippen molar-refractivity contribution in [1.29, 1.82) is 0 Å². The van der Waals surface area contributed by atoms with Crippen LogP contribution in [0.3, 0.4) is 0 Å². The van der Waals surface area contributed by atoms with Crippen LogP contribution in [0.15, 0.2) is 47.4 Å². The van der Waals surface area contributed by atoms with Crippen molar-refractivity contribution < 1.29 is 70.6 Å². The topological polar surface area (TPSA) is 119 Å². The molecular weight excluding hydrogens is 687 g/mol. The molecule has 1 atom stereocenters. The van der Waals surface area contributed by atoms with E-state index in [0.29, 0.717) is 30.3 Å². The highest BCUT2D eigenvalue weighted by molar-refractivity contribution is 7.92. The lowest BCUT2D eigenvalue weighted by atomic mass is 9.97. The van der Waals surface area contributed by atoms with Crippen molar-refractivity contribution in [3.05, 3.63) is 53.6 Å². The number of sulfonamides is 2. The molecular formula is C26H27F9N2O7S2. The van der Waals surface area contributed by atoms with Crippen molar-refractivity contribution in [2.75, 3.05) is 10.8 Å². The van der Waals surface area contributed by atoms with Crippen LogP contribution in [-0.2, 0) is 42.2 Å². The van der Waals surface area contributed by atoms with Crippen LogP contribution in [0.1, 0.15) is 45.2 Å². The van der Waals surface area contributed by atoms with Crippen molar-refractivity contribution in [2.45, 2.75) is 80.5 Å². The Bertz CT molecular complexity index is 1690. The average molecular weight is 715 g/mol. The molecule has 0 aromatic heterocycles. The molecule has 20 heteroatoms. The number of nitrogens with one attached hydrogen (secondary N) is 1. The Labute approximate surface area is 257 Å². The molecule has 3 rings (SSSR count). The van der Waals surface area contributed by atoms with Crippen LogP contribution >= 0.6 is 0 Å². The van der Waals surface area contributed by atoms with Crippen LogP contribution in [0.25, 0.3) is 0 Å². The molecule has 258 valence electrons. The van der Waals surface area contributed by atoms with Gasteiger partial charge in [-0.05, 0) is 63.6 Å². The summed E-state index contributed by atoms with van der Waals surface area (Å²) < 4.78 is 182. The number of hydrogen-bond acceptors (Lipinski definition) is 7. The smallest absolute Gasteiger partial charge is 0.486 e. The minimum Gasteiger partial charge on any atom is -0.486 e. The van der Waals surface area contributed by atoms with E-state index in [1.807, 2.05) is 0 Å². The number of fused-ring (bicyclic) bond motifs is 1. The van der Waals surface area contributed by atoms with E-state index >= 15 is 0 Å². The molecule has 0 saturated carbocycles. The number of alkyl halides is 9. The van der Waals surface area contributed by atoms with Crippen LogP contribution < -0.4 is 13.8 Å². The van der Waals surface area contributed by atoms with Crippen LogP contribution in [0.5, 0.6) is 5.75 Å². The molecule has 9 nitrogen and oxygen atoms in total. The maximum absolute atomic E-state index is 13.8. The first-order valence-corrected chi connectivity index (χ1v) is 15.9. The number of anilines is 1. The molecule has 0 spiro atoms. The minimum absolute atomic E-state index is 0.0914. The fourth-order valence-electron chi connectivity index (χ4n) is 4.34. The van der Waals surface area contributed by atoms with Gasteiger partial charge >= 0.3 is 33.9 Å². The Hall–Kier alpha value is -3.26. The molecule has 2 aromatic carbocycles. The second-order valence-electron chi connectivity index (χ2n) is 11.4. The SMILES string of the molecule is CC(C)(C[C@H]1CN(S(=O)(=O)c2cccc(C(F)(F)F)c2)c2cc(CC(=O)OC(C)(C)C(F)(F)F)ccc2O1)NS(=O)(=O)C(F)(F)F. The molecule has 1 heterocycles. The van der Waals surface area contributed by atoms with E-state index in [-0.39, 0.29) is 17.0 Å². The first-order chi connectivity index (χ1) is 20.6. The zero-order valence-corrected chi connectivity index (χ0v) is 25.9. The van der Waals surface area contributed by atoms with E-state index < -0.39 is 91.0 Å². The van der Waals surface area contributed by atoms with Crippen molar-refractivity contribution >= 4 is 31.7 Å². The van der Waals surface area contributed by atoms with Crippen molar-refractivity contribution in [1.82, 2.24) is 4.72 Å². The van der Waals surface area contributed by atoms with E-state index in [9.17, 15) is 61.1 Å². The van der Waals surface area contributed by atoms with E-state index in [1.165, 1.54) is 4.72 Å². The first-order valence-electron chi connectivity index (χ1n) is 12.9. The van der Waals surface area contributed by atoms with Crippen LogP contribution in [0.4, 0.5) is 45.2 Å². The number of carbonyl (C=O) groups excluding carboxylic acids is 1. The van der Waals surface area contributed by atoms with Crippen LogP contribution in [-0.4, -0.2) is 58.3 Å². The van der Waals surface area contributed by atoms with Gasteiger partial charge in [0.05, 0.1) is 29.1 Å². The maximum atomic E-state index is 13.8. The number of rotatable bonds is 9. The quantitative estimate of drug-likeness (QED) is 0.262. The molecule has 1 aliphatic rings. The van der Waals surface area contributed by atoms with Crippen LogP contribution in [0, 0.1) is 0 Å². The van der Waals surface area contributed by atoms with E-state index in [4.69, 9.17) is 4.74 Å². The van der Waals surface area contributed by atoms with Gasteiger partial charge in [0.2, 0.25) is 5.60 Å². The Kier molecular flexibility index (Phi) is 9.77. The van der Waals surface area contributed by atoms with Gasteiger partial charge in [0.25, 0.3) is 10.0 Å². The molecule has 0 radical (unpaired) electrons. The highest BCUT2D eigenvalue weighted by Crippen LogP contribution is 2.41.